The molecule has 1 N–H and O–H groups in total. The Bertz CT molecular complexity index is 385. The zero-order valence-corrected chi connectivity index (χ0v) is 9.80. The van der Waals surface area contributed by atoms with Crippen LogP contribution in [0.3, 0.4) is 0 Å². The highest BCUT2D eigenvalue weighted by Gasteiger charge is 2.12. The largest absolute Gasteiger partial charge is 0.376 e. The van der Waals surface area contributed by atoms with E-state index in [1.54, 1.807) is 22.9 Å². The Kier molecular flexibility index (Phi) is 4.73. The summed E-state index contributed by atoms with van der Waals surface area (Å²) in [6.45, 7) is 4.21. The molecule has 5 heteroatoms. The molecule has 94 valence electrons. The van der Waals surface area contributed by atoms with E-state index in [2.05, 4.69) is 5.32 Å². The zero-order chi connectivity index (χ0) is 11.9. The average molecular weight is 238 g/mol. The van der Waals surface area contributed by atoms with Crippen LogP contribution >= 0.6 is 0 Å². The van der Waals surface area contributed by atoms with E-state index in [9.17, 15) is 4.79 Å². The van der Waals surface area contributed by atoms with Gasteiger partial charge in [0, 0.05) is 31.9 Å². The predicted octanol–water partition coefficient (Wildman–Crippen LogP) is -0.147. The first-order chi connectivity index (χ1) is 8.36. The molecule has 0 amide bonds. The lowest BCUT2D eigenvalue weighted by Crippen LogP contribution is -2.38. The summed E-state index contributed by atoms with van der Waals surface area (Å²) in [6.07, 6.45) is 1.93. The molecule has 1 aliphatic rings. The summed E-state index contributed by atoms with van der Waals surface area (Å²) < 4.78 is 12.5. The molecule has 1 fully saturated rings. The highest BCUT2D eigenvalue weighted by Crippen LogP contribution is 1.98. The van der Waals surface area contributed by atoms with Crippen LogP contribution in [0.15, 0.2) is 29.2 Å². The van der Waals surface area contributed by atoms with Gasteiger partial charge in [-0.2, -0.15) is 0 Å². The second kappa shape index (κ2) is 6.54. The Morgan fingerprint density at radius 3 is 3.12 bits per heavy atom. The van der Waals surface area contributed by atoms with Crippen LogP contribution in [0.5, 0.6) is 0 Å². The summed E-state index contributed by atoms with van der Waals surface area (Å²) in [4.78, 5) is 11.4. The number of rotatable bonds is 5. The van der Waals surface area contributed by atoms with Crippen LogP contribution in [-0.2, 0) is 16.0 Å². The number of hydrogen-bond donors (Lipinski definition) is 1. The van der Waals surface area contributed by atoms with Crippen molar-refractivity contribution in [1.82, 2.24) is 9.88 Å². The van der Waals surface area contributed by atoms with E-state index in [0.717, 1.165) is 13.1 Å². The Morgan fingerprint density at radius 1 is 1.41 bits per heavy atom. The number of aromatic nitrogens is 1. The van der Waals surface area contributed by atoms with Crippen LogP contribution in [0.25, 0.3) is 0 Å². The lowest BCUT2D eigenvalue weighted by molar-refractivity contribution is -0.0863. The molecule has 1 aromatic rings. The minimum atomic E-state index is 0.0338. The first-order valence-electron chi connectivity index (χ1n) is 5.92. The maximum Gasteiger partial charge on any atom is 0.250 e. The van der Waals surface area contributed by atoms with Gasteiger partial charge in [0.05, 0.1) is 25.9 Å². The van der Waals surface area contributed by atoms with Crippen molar-refractivity contribution in [2.75, 3.05) is 32.9 Å². The van der Waals surface area contributed by atoms with Crippen molar-refractivity contribution in [2.24, 2.45) is 0 Å². The van der Waals surface area contributed by atoms with Crippen molar-refractivity contribution in [3.63, 3.8) is 0 Å². The van der Waals surface area contributed by atoms with E-state index in [1.165, 1.54) is 0 Å². The monoisotopic (exact) mass is 238 g/mol. The fourth-order valence-corrected chi connectivity index (χ4v) is 1.76. The van der Waals surface area contributed by atoms with E-state index in [4.69, 9.17) is 9.47 Å². The maximum absolute atomic E-state index is 11.4. The smallest absolute Gasteiger partial charge is 0.250 e. The van der Waals surface area contributed by atoms with Gasteiger partial charge in [0.2, 0.25) is 0 Å². The molecule has 0 spiro atoms. The molecule has 0 saturated carbocycles. The Morgan fingerprint density at radius 2 is 2.35 bits per heavy atom. The minimum absolute atomic E-state index is 0.0338. The maximum atomic E-state index is 11.4. The van der Waals surface area contributed by atoms with Crippen molar-refractivity contribution in [2.45, 2.75) is 12.6 Å². The van der Waals surface area contributed by atoms with Gasteiger partial charge in [-0.1, -0.05) is 6.07 Å². The number of nitrogens with zero attached hydrogens (tertiary/aromatic N) is 1. The van der Waals surface area contributed by atoms with Gasteiger partial charge < -0.3 is 19.4 Å². The van der Waals surface area contributed by atoms with E-state index in [0.29, 0.717) is 26.4 Å². The van der Waals surface area contributed by atoms with Gasteiger partial charge in [-0.15, -0.1) is 0 Å². The molecule has 2 heterocycles. The molecule has 0 bridgehead atoms. The fraction of sp³-hybridized carbons (Fsp3) is 0.583. The first-order valence-corrected chi connectivity index (χ1v) is 5.92. The highest BCUT2D eigenvalue weighted by atomic mass is 16.6. The van der Waals surface area contributed by atoms with Crippen molar-refractivity contribution < 1.29 is 9.47 Å². The second-order valence-corrected chi connectivity index (χ2v) is 4.00. The molecule has 0 aromatic carbocycles. The Balaban J connectivity index is 1.66. The van der Waals surface area contributed by atoms with Crippen molar-refractivity contribution >= 4 is 0 Å². The van der Waals surface area contributed by atoms with E-state index in [-0.39, 0.29) is 11.7 Å². The summed E-state index contributed by atoms with van der Waals surface area (Å²) in [6, 6.07) is 5.18. The molecule has 0 radical (unpaired) electrons. The van der Waals surface area contributed by atoms with Crippen LogP contribution in [0.1, 0.15) is 0 Å². The summed E-state index contributed by atoms with van der Waals surface area (Å²) in [5.74, 6) is 0. The average Bonchev–Trinajstić information content (AvgIpc) is 2.38. The second-order valence-electron chi connectivity index (χ2n) is 4.00. The van der Waals surface area contributed by atoms with Crippen molar-refractivity contribution in [3.8, 4) is 0 Å². The lowest BCUT2D eigenvalue weighted by atomic mass is 10.3. The van der Waals surface area contributed by atoms with Crippen molar-refractivity contribution in [3.05, 3.63) is 34.7 Å². The number of hydrogen-bond acceptors (Lipinski definition) is 4. The van der Waals surface area contributed by atoms with E-state index >= 15 is 0 Å². The summed E-state index contributed by atoms with van der Waals surface area (Å²) in [5, 5.41) is 3.27. The number of pyridine rings is 1. The summed E-state index contributed by atoms with van der Waals surface area (Å²) in [7, 11) is 0. The molecule has 0 aliphatic carbocycles. The Labute approximate surface area is 100 Å². The fourth-order valence-electron chi connectivity index (χ4n) is 1.76. The number of nitrogens with one attached hydrogen (secondary N) is 1. The van der Waals surface area contributed by atoms with Gasteiger partial charge in [0.15, 0.2) is 0 Å². The van der Waals surface area contributed by atoms with Crippen LogP contribution in [0.4, 0.5) is 0 Å². The first kappa shape index (κ1) is 12.3. The molecular weight excluding hydrogens is 220 g/mol. The standard InChI is InChI=1S/C12H18N2O3/c15-12-3-1-2-5-14(12)6-4-13-9-11-10-16-7-8-17-11/h1-3,5,11,13H,4,6-10H2. The molecule has 1 aromatic heterocycles. The Hall–Kier alpha value is -1.17. The molecule has 1 atom stereocenters. The third kappa shape index (κ3) is 3.96. The third-order valence-electron chi connectivity index (χ3n) is 2.69. The van der Waals surface area contributed by atoms with Crippen LogP contribution in [0.2, 0.25) is 0 Å². The normalized spacial score (nSPS) is 20.4. The van der Waals surface area contributed by atoms with Crippen molar-refractivity contribution in [1.29, 1.82) is 0 Å². The van der Waals surface area contributed by atoms with E-state index < -0.39 is 0 Å². The summed E-state index contributed by atoms with van der Waals surface area (Å²) in [5.41, 5.74) is 0.0338. The third-order valence-corrected chi connectivity index (χ3v) is 2.69. The molecule has 1 aliphatic heterocycles. The molecular formula is C12H18N2O3. The predicted molar refractivity (Wildman–Crippen MR) is 64.1 cm³/mol. The molecule has 1 unspecified atom stereocenters. The topological polar surface area (TPSA) is 52.5 Å². The minimum Gasteiger partial charge on any atom is -0.376 e. The van der Waals surface area contributed by atoms with Gasteiger partial charge >= 0.3 is 0 Å². The molecule has 2 rings (SSSR count). The SMILES string of the molecule is O=c1ccccn1CCNCC1COCCO1. The van der Waals surface area contributed by atoms with Gasteiger partial charge in [-0.25, -0.2) is 0 Å². The van der Waals surface area contributed by atoms with Crippen LogP contribution in [-0.4, -0.2) is 43.6 Å². The van der Waals surface area contributed by atoms with Gasteiger partial charge in [-0.05, 0) is 6.07 Å². The summed E-state index contributed by atoms with van der Waals surface area (Å²) >= 11 is 0. The molecule has 1 saturated heterocycles. The number of ether oxygens (including phenoxy) is 2. The molecule has 17 heavy (non-hydrogen) atoms. The lowest BCUT2D eigenvalue weighted by Gasteiger charge is -2.23. The van der Waals surface area contributed by atoms with Crippen LogP contribution < -0.4 is 10.9 Å². The molecule has 5 nitrogen and oxygen atoms in total. The quantitative estimate of drug-likeness (QED) is 0.725. The van der Waals surface area contributed by atoms with Crippen LogP contribution in [0, 0.1) is 0 Å². The van der Waals surface area contributed by atoms with E-state index in [1.807, 2.05) is 6.07 Å². The van der Waals surface area contributed by atoms with Gasteiger partial charge in [0.25, 0.3) is 5.56 Å². The zero-order valence-electron chi connectivity index (χ0n) is 9.80. The highest BCUT2D eigenvalue weighted by molar-refractivity contribution is 4.93. The van der Waals surface area contributed by atoms with Gasteiger partial charge in [-0.3, -0.25) is 4.79 Å². The van der Waals surface area contributed by atoms with Gasteiger partial charge in [0.1, 0.15) is 0 Å².